The average Bonchev–Trinajstić information content (AvgIpc) is 2.82. The fourth-order valence-corrected chi connectivity index (χ4v) is 2.84. The molecule has 2 aromatic rings. The minimum atomic E-state index is -4.83. The lowest BCUT2D eigenvalue weighted by Crippen LogP contribution is -2.17. The number of hydrogen-bond acceptors (Lipinski definition) is 3. The number of carbonyl (C=O) groups excluding carboxylic acids is 1. The Morgan fingerprint density at radius 2 is 1.65 bits per heavy atom. The Labute approximate surface area is 144 Å². The van der Waals surface area contributed by atoms with Crippen LogP contribution in [0.15, 0.2) is 36.4 Å². The summed E-state index contributed by atoms with van der Waals surface area (Å²) in [6, 6.07) is 6.77. The molecule has 0 fully saturated rings. The monoisotopic (exact) mass is 373 g/mol. The molecule has 1 aliphatic carbocycles. The second-order valence-electron chi connectivity index (χ2n) is 5.65. The van der Waals surface area contributed by atoms with Gasteiger partial charge in [0.1, 0.15) is 17.2 Å². The van der Waals surface area contributed by atoms with Gasteiger partial charge in [0.05, 0.1) is 5.56 Å². The van der Waals surface area contributed by atoms with Gasteiger partial charge in [-0.1, -0.05) is 0 Å². The van der Waals surface area contributed by atoms with Gasteiger partial charge in [0, 0.05) is 12.0 Å². The van der Waals surface area contributed by atoms with Crippen LogP contribution >= 0.6 is 0 Å². The van der Waals surface area contributed by atoms with Crippen LogP contribution in [0, 0.1) is 0 Å². The molecule has 0 atom stereocenters. The van der Waals surface area contributed by atoms with Crippen molar-refractivity contribution in [1.82, 2.24) is 0 Å². The van der Waals surface area contributed by atoms with Gasteiger partial charge in [-0.05, 0) is 48.4 Å². The van der Waals surface area contributed by atoms with Crippen molar-refractivity contribution in [3.8, 4) is 17.2 Å². The third kappa shape index (κ3) is 3.56. The zero-order chi connectivity index (χ0) is 19.1. The lowest BCUT2D eigenvalue weighted by molar-refractivity contribution is -0.274. The number of alkyl halides is 5. The van der Waals surface area contributed by atoms with Crippen molar-refractivity contribution in [2.24, 2.45) is 5.73 Å². The van der Waals surface area contributed by atoms with Gasteiger partial charge in [0.25, 0.3) is 11.8 Å². The van der Waals surface area contributed by atoms with Crippen LogP contribution < -0.4 is 15.2 Å². The van der Waals surface area contributed by atoms with Crippen molar-refractivity contribution >= 4 is 5.91 Å². The molecule has 0 saturated heterocycles. The fraction of sp³-hybridized carbons (Fsp3) is 0.235. The number of primary amides is 1. The molecule has 0 bridgehead atoms. The zero-order valence-electron chi connectivity index (χ0n) is 13.1. The number of fused-ring (bicyclic) bond motifs is 1. The van der Waals surface area contributed by atoms with E-state index in [-0.39, 0.29) is 34.6 Å². The summed E-state index contributed by atoms with van der Waals surface area (Å²) in [5, 5.41) is 0. The van der Waals surface area contributed by atoms with Crippen molar-refractivity contribution in [3.63, 3.8) is 0 Å². The van der Waals surface area contributed by atoms with Gasteiger partial charge >= 0.3 is 6.36 Å². The molecule has 0 saturated carbocycles. The van der Waals surface area contributed by atoms with E-state index in [2.05, 4.69) is 4.74 Å². The maximum Gasteiger partial charge on any atom is 0.573 e. The second-order valence-corrected chi connectivity index (χ2v) is 5.65. The van der Waals surface area contributed by atoms with Crippen molar-refractivity contribution in [2.75, 3.05) is 0 Å². The summed E-state index contributed by atoms with van der Waals surface area (Å²) in [4.78, 5) is 11.7. The minimum absolute atomic E-state index is 0.0316. The average molecular weight is 373 g/mol. The molecule has 9 heteroatoms. The number of halogens is 5. The second kappa shape index (κ2) is 6.15. The third-order valence-corrected chi connectivity index (χ3v) is 3.89. The number of rotatable bonds is 4. The van der Waals surface area contributed by atoms with Crippen LogP contribution in [-0.2, 0) is 12.3 Å². The quantitative estimate of drug-likeness (QED) is 0.802. The number of benzene rings is 2. The number of nitrogens with two attached hydrogens (primary N) is 1. The Morgan fingerprint density at radius 3 is 2.23 bits per heavy atom. The van der Waals surface area contributed by atoms with Crippen molar-refractivity contribution in [3.05, 3.63) is 53.1 Å². The summed E-state index contributed by atoms with van der Waals surface area (Å²) in [5.74, 6) is -4.38. The molecule has 3 rings (SSSR count). The van der Waals surface area contributed by atoms with Crippen molar-refractivity contribution in [2.45, 2.75) is 25.1 Å². The molecule has 0 aromatic heterocycles. The molecule has 2 aromatic carbocycles. The maximum absolute atomic E-state index is 13.8. The predicted octanol–water partition coefficient (Wildman–Crippen LogP) is 4.51. The van der Waals surface area contributed by atoms with Crippen LogP contribution in [0.2, 0.25) is 0 Å². The molecule has 1 amide bonds. The number of amides is 1. The SMILES string of the molecule is NC(=O)c1c(Oc2ccc(OC(F)(F)F)cc2)ccc2c1CCC2(F)F. The Morgan fingerprint density at radius 1 is 1.04 bits per heavy atom. The Kier molecular flexibility index (Phi) is 4.25. The first kappa shape index (κ1) is 18.0. The van der Waals surface area contributed by atoms with Crippen LogP contribution in [0.25, 0.3) is 0 Å². The Bertz CT molecular complexity index is 847. The predicted molar refractivity (Wildman–Crippen MR) is 80.4 cm³/mol. The lowest BCUT2D eigenvalue weighted by atomic mass is 10.0. The van der Waals surface area contributed by atoms with E-state index in [1.54, 1.807) is 0 Å². The first-order valence-electron chi connectivity index (χ1n) is 7.44. The number of hydrogen-bond donors (Lipinski definition) is 1. The summed E-state index contributed by atoms with van der Waals surface area (Å²) < 4.78 is 73.3. The summed E-state index contributed by atoms with van der Waals surface area (Å²) >= 11 is 0. The standard InChI is InChI=1S/C17H12F5NO3/c18-16(19)8-7-11-12(16)5-6-13(14(11)15(23)24)25-9-1-3-10(4-2-9)26-17(20,21)22/h1-6H,7-8H2,(H2,23,24). The molecule has 0 spiro atoms. The summed E-state index contributed by atoms with van der Waals surface area (Å²) in [6.07, 6.45) is -5.29. The van der Waals surface area contributed by atoms with Crippen molar-refractivity contribution in [1.29, 1.82) is 0 Å². The number of ether oxygens (including phenoxy) is 2. The van der Waals surface area contributed by atoms with E-state index in [4.69, 9.17) is 10.5 Å². The van der Waals surface area contributed by atoms with Gasteiger partial charge < -0.3 is 15.2 Å². The molecule has 0 aliphatic heterocycles. The topological polar surface area (TPSA) is 61.6 Å². The normalized spacial score (nSPS) is 15.4. The fourth-order valence-electron chi connectivity index (χ4n) is 2.84. The van der Waals surface area contributed by atoms with Crippen LogP contribution in [0.5, 0.6) is 17.2 Å². The highest BCUT2D eigenvalue weighted by molar-refractivity contribution is 5.98. The van der Waals surface area contributed by atoms with Crippen LogP contribution in [0.4, 0.5) is 22.0 Å². The minimum Gasteiger partial charge on any atom is -0.457 e. The molecule has 2 N–H and O–H groups in total. The molecule has 1 aliphatic rings. The summed E-state index contributed by atoms with van der Waals surface area (Å²) in [6.45, 7) is 0. The van der Waals surface area contributed by atoms with E-state index in [1.807, 2.05) is 0 Å². The molecule has 0 radical (unpaired) electrons. The van der Waals surface area contributed by atoms with Gasteiger partial charge in [0.15, 0.2) is 0 Å². The van der Waals surface area contributed by atoms with Crippen LogP contribution in [0.3, 0.4) is 0 Å². The number of carbonyl (C=O) groups is 1. The first-order valence-corrected chi connectivity index (χ1v) is 7.44. The Hall–Kier alpha value is -2.84. The molecule has 138 valence electrons. The largest absolute Gasteiger partial charge is 0.573 e. The van der Waals surface area contributed by atoms with Gasteiger partial charge in [-0.3, -0.25) is 4.79 Å². The van der Waals surface area contributed by atoms with E-state index in [9.17, 15) is 26.7 Å². The summed E-state index contributed by atoms with van der Waals surface area (Å²) in [5.41, 5.74) is 5.01. The van der Waals surface area contributed by atoms with Gasteiger partial charge in [-0.25, -0.2) is 8.78 Å². The Balaban J connectivity index is 1.90. The van der Waals surface area contributed by atoms with Crippen molar-refractivity contribution < 1.29 is 36.2 Å². The molecule has 4 nitrogen and oxygen atoms in total. The first-order chi connectivity index (χ1) is 12.1. The third-order valence-electron chi connectivity index (χ3n) is 3.89. The molecule has 26 heavy (non-hydrogen) atoms. The van der Waals surface area contributed by atoms with Crippen LogP contribution in [0.1, 0.15) is 27.9 Å². The van der Waals surface area contributed by atoms with E-state index >= 15 is 0 Å². The smallest absolute Gasteiger partial charge is 0.457 e. The highest BCUT2D eigenvalue weighted by Crippen LogP contribution is 2.45. The molecule has 0 unspecified atom stereocenters. The van der Waals surface area contributed by atoms with Crippen LogP contribution in [-0.4, -0.2) is 12.3 Å². The molecular formula is C17H12F5NO3. The highest BCUT2D eigenvalue weighted by Gasteiger charge is 2.41. The van der Waals surface area contributed by atoms with Gasteiger partial charge in [-0.2, -0.15) is 0 Å². The van der Waals surface area contributed by atoms with E-state index in [0.717, 1.165) is 18.2 Å². The van der Waals surface area contributed by atoms with E-state index in [1.165, 1.54) is 18.2 Å². The molecule has 0 heterocycles. The molecular weight excluding hydrogens is 361 g/mol. The highest BCUT2D eigenvalue weighted by atomic mass is 19.4. The summed E-state index contributed by atoms with van der Waals surface area (Å²) in [7, 11) is 0. The zero-order valence-corrected chi connectivity index (χ0v) is 13.1. The lowest BCUT2D eigenvalue weighted by Gasteiger charge is -2.15. The maximum atomic E-state index is 13.8. The van der Waals surface area contributed by atoms with E-state index in [0.29, 0.717) is 0 Å². The van der Waals surface area contributed by atoms with Gasteiger partial charge in [-0.15, -0.1) is 13.2 Å². The van der Waals surface area contributed by atoms with Gasteiger partial charge in [0.2, 0.25) is 0 Å². The van der Waals surface area contributed by atoms with E-state index < -0.39 is 30.4 Å².